The number of rotatable bonds is 1. The Kier molecular flexibility index (Phi) is 5.61. The minimum absolute atomic E-state index is 0.0991. The van der Waals surface area contributed by atoms with E-state index in [0.717, 1.165) is 0 Å². The summed E-state index contributed by atoms with van der Waals surface area (Å²) >= 11 is 0. The Bertz CT molecular complexity index is 346. The van der Waals surface area contributed by atoms with Crippen LogP contribution >= 0.6 is 0 Å². The van der Waals surface area contributed by atoms with Gasteiger partial charge in [-0.1, -0.05) is 0 Å². The van der Waals surface area contributed by atoms with Crippen LogP contribution < -0.4 is 5.32 Å². The van der Waals surface area contributed by atoms with Crippen molar-refractivity contribution >= 4 is 12.0 Å². The number of ether oxygens (including phenoxy) is 2. The van der Waals surface area contributed by atoms with E-state index in [-0.39, 0.29) is 17.4 Å². The summed E-state index contributed by atoms with van der Waals surface area (Å²) in [5, 5.41) is 2.93. The van der Waals surface area contributed by atoms with Crippen LogP contribution in [0.3, 0.4) is 0 Å². The number of nitrogens with one attached hydrogen (secondary N) is 1. The van der Waals surface area contributed by atoms with E-state index in [2.05, 4.69) is 5.32 Å². The van der Waals surface area contributed by atoms with Gasteiger partial charge >= 0.3 is 6.09 Å². The summed E-state index contributed by atoms with van der Waals surface area (Å²) in [4.78, 5) is 25.9. The van der Waals surface area contributed by atoms with Crippen LogP contribution in [-0.2, 0) is 14.3 Å². The largest absolute Gasteiger partial charge is 0.444 e. The van der Waals surface area contributed by atoms with Crippen molar-refractivity contribution in [2.75, 3.05) is 26.3 Å². The van der Waals surface area contributed by atoms with Gasteiger partial charge in [-0.3, -0.25) is 4.79 Å². The Morgan fingerprint density at radius 1 is 1.19 bits per heavy atom. The van der Waals surface area contributed by atoms with Gasteiger partial charge in [0.15, 0.2) is 0 Å². The SMILES string of the molecule is CC(C)(C)NC(=O)C1COCCN(C(=O)OC(C)(C)C)C1. The molecule has 1 unspecified atom stereocenters. The fourth-order valence-corrected chi connectivity index (χ4v) is 1.93. The quantitative estimate of drug-likeness (QED) is 0.801. The molecule has 1 rings (SSSR count). The van der Waals surface area contributed by atoms with Gasteiger partial charge in [0, 0.05) is 18.6 Å². The summed E-state index contributed by atoms with van der Waals surface area (Å²) in [6.45, 7) is 12.7. The molecule has 1 atom stereocenters. The van der Waals surface area contributed by atoms with E-state index in [1.807, 2.05) is 41.5 Å². The van der Waals surface area contributed by atoms with E-state index < -0.39 is 11.7 Å². The summed E-state index contributed by atoms with van der Waals surface area (Å²) in [5.74, 6) is -0.475. The van der Waals surface area contributed by atoms with Gasteiger partial charge < -0.3 is 19.7 Å². The van der Waals surface area contributed by atoms with E-state index in [4.69, 9.17) is 9.47 Å². The number of hydrogen-bond acceptors (Lipinski definition) is 4. The fraction of sp³-hybridized carbons (Fsp3) is 0.867. The van der Waals surface area contributed by atoms with Crippen molar-refractivity contribution in [3.63, 3.8) is 0 Å². The van der Waals surface area contributed by atoms with E-state index in [0.29, 0.717) is 26.3 Å². The number of nitrogens with zero attached hydrogens (tertiary/aromatic N) is 1. The normalized spacial score (nSPS) is 20.7. The monoisotopic (exact) mass is 300 g/mol. The van der Waals surface area contributed by atoms with Gasteiger partial charge in [-0.15, -0.1) is 0 Å². The molecule has 2 amide bonds. The Balaban J connectivity index is 2.68. The average Bonchev–Trinajstić information content (AvgIpc) is 2.49. The van der Waals surface area contributed by atoms with Crippen molar-refractivity contribution in [2.24, 2.45) is 5.92 Å². The molecule has 6 heteroatoms. The first-order valence-electron chi connectivity index (χ1n) is 7.36. The maximum atomic E-state index is 12.2. The average molecular weight is 300 g/mol. The first-order chi connectivity index (χ1) is 9.48. The zero-order valence-electron chi connectivity index (χ0n) is 14.0. The third-order valence-corrected chi connectivity index (χ3v) is 2.79. The molecule has 1 heterocycles. The lowest BCUT2D eigenvalue weighted by atomic mass is 10.0. The van der Waals surface area contributed by atoms with Gasteiger partial charge in [0.2, 0.25) is 5.91 Å². The standard InChI is InChI=1S/C15H28N2O4/c1-14(2,3)16-12(18)11-9-17(7-8-20-10-11)13(19)21-15(4,5)6/h11H,7-10H2,1-6H3,(H,16,18). The van der Waals surface area contributed by atoms with Crippen molar-refractivity contribution in [3.05, 3.63) is 0 Å². The van der Waals surface area contributed by atoms with Gasteiger partial charge in [0.25, 0.3) is 0 Å². The predicted octanol–water partition coefficient (Wildman–Crippen LogP) is 1.78. The minimum Gasteiger partial charge on any atom is -0.444 e. The zero-order chi connectivity index (χ0) is 16.3. The smallest absolute Gasteiger partial charge is 0.410 e. The number of amides is 2. The van der Waals surface area contributed by atoms with E-state index in [1.54, 1.807) is 4.90 Å². The van der Waals surface area contributed by atoms with Crippen LogP contribution in [0.1, 0.15) is 41.5 Å². The lowest BCUT2D eigenvalue weighted by molar-refractivity contribution is -0.128. The topological polar surface area (TPSA) is 67.9 Å². The molecule has 1 saturated heterocycles. The van der Waals surface area contributed by atoms with Crippen LogP contribution in [0.5, 0.6) is 0 Å². The molecule has 0 aromatic rings. The van der Waals surface area contributed by atoms with Gasteiger partial charge in [-0.2, -0.15) is 0 Å². The molecule has 1 fully saturated rings. The second-order valence-corrected chi connectivity index (χ2v) is 7.44. The highest BCUT2D eigenvalue weighted by Crippen LogP contribution is 2.14. The number of carbonyl (C=O) groups is 2. The lowest BCUT2D eigenvalue weighted by Crippen LogP contribution is -2.48. The summed E-state index contributed by atoms with van der Waals surface area (Å²) in [7, 11) is 0. The highest BCUT2D eigenvalue weighted by Gasteiger charge is 2.31. The lowest BCUT2D eigenvalue weighted by Gasteiger charge is -2.29. The maximum absolute atomic E-state index is 12.2. The summed E-state index contributed by atoms with van der Waals surface area (Å²) in [6, 6.07) is 0. The molecule has 1 aliphatic rings. The van der Waals surface area contributed by atoms with Crippen molar-refractivity contribution in [3.8, 4) is 0 Å². The Hall–Kier alpha value is -1.30. The Labute approximate surface area is 127 Å². The molecular formula is C15H28N2O4. The summed E-state index contributed by atoms with van der Waals surface area (Å²) < 4.78 is 10.8. The van der Waals surface area contributed by atoms with E-state index >= 15 is 0 Å². The molecule has 0 saturated carbocycles. The first kappa shape index (κ1) is 17.8. The van der Waals surface area contributed by atoms with Gasteiger partial charge in [-0.25, -0.2) is 4.79 Å². The Morgan fingerprint density at radius 2 is 1.81 bits per heavy atom. The van der Waals surface area contributed by atoms with E-state index in [9.17, 15) is 9.59 Å². The molecular weight excluding hydrogens is 272 g/mol. The van der Waals surface area contributed by atoms with Crippen LogP contribution in [0.25, 0.3) is 0 Å². The molecule has 122 valence electrons. The highest BCUT2D eigenvalue weighted by molar-refractivity contribution is 5.80. The Morgan fingerprint density at radius 3 is 2.33 bits per heavy atom. The van der Waals surface area contributed by atoms with Crippen LogP contribution in [0.2, 0.25) is 0 Å². The first-order valence-corrected chi connectivity index (χ1v) is 7.36. The summed E-state index contributed by atoms with van der Waals surface area (Å²) in [6.07, 6.45) is -0.401. The second kappa shape index (κ2) is 6.64. The van der Waals surface area contributed by atoms with Crippen molar-refractivity contribution in [1.82, 2.24) is 10.2 Å². The molecule has 0 aromatic carbocycles. The molecule has 6 nitrogen and oxygen atoms in total. The fourth-order valence-electron chi connectivity index (χ4n) is 1.93. The van der Waals surface area contributed by atoms with Crippen molar-refractivity contribution in [1.29, 1.82) is 0 Å². The molecule has 0 aliphatic carbocycles. The highest BCUT2D eigenvalue weighted by atomic mass is 16.6. The van der Waals surface area contributed by atoms with Gasteiger partial charge in [-0.05, 0) is 41.5 Å². The summed E-state index contributed by atoms with van der Waals surface area (Å²) in [5.41, 5.74) is -0.854. The second-order valence-electron chi connectivity index (χ2n) is 7.44. The molecule has 21 heavy (non-hydrogen) atoms. The molecule has 0 spiro atoms. The predicted molar refractivity (Wildman–Crippen MR) is 80.0 cm³/mol. The number of carbonyl (C=O) groups excluding carboxylic acids is 2. The van der Waals surface area contributed by atoms with Crippen LogP contribution in [0.4, 0.5) is 4.79 Å². The molecule has 1 aliphatic heterocycles. The van der Waals surface area contributed by atoms with E-state index in [1.165, 1.54) is 0 Å². The maximum Gasteiger partial charge on any atom is 0.410 e. The van der Waals surface area contributed by atoms with Crippen molar-refractivity contribution < 1.29 is 19.1 Å². The number of hydrogen-bond donors (Lipinski definition) is 1. The third-order valence-electron chi connectivity index (χ3n) is 2.79. The molecule has 0 radical (unpaired) electrons. The van der Waals surface area contributed by atoms with Crippen LogP contribution in [0, 0.1) is 5.92 Å². The molecule has 0 bridgehead atoms. The third kappa shape index (κ3) is 6.80. The van der Waals surface area contributed by atoms with Crippen LogP contribution in [-0.4, -0.2) is 54.3 Å². The van der Waals surface area contributed by atoms with Gasteiger partial charge in [0.1, 0.15) is 5.60 Å². The minimum atomic E-state index is -0.548. The van der Waals surface area contributed by atoms with Gasteiger partial charge in [0.05, 0.1) is 19.1 Å². The van der Waals surface area contributed by atoms with Crippen LogP contribution in [0.15, 0.2) is 0 Å². The molecule has 0 aromatic heterocycles. The molecule has 1 N–H and O–H groups in total. The van der Waals surface area contributed by atoms with Crippen molar-refractivity contribution in [2.45, 2.75) is 52.7 Å². The zero-order valence-corrected chi connectivity index (χ0v) is 14.0.